The number of imidazole rings is 1. The summed E-state index contributed by atoms with van der Waals surface area (Å²) in [7, 11) is 1.72. The lowest BCUT2D eigenvalue weighted by atomic mass is 10.1. The van der Waals surface area contributed by atoms with Gasteiger partial charge in [0.15, 0.2) is 5.96 Å². The first-order valence-corrected chi connectivity index (χ1v) is 8.85. The van der Waals surface area contributed by atoms with Gasteiger partial charge >= 0.3 is 0 Å². The molecule has 0 aliphatic rings. The molecular weight excluding hydrogens is 341 g/mol. The highest BCUT2D eigenvalue weighted by Crippen LogP contribution is 2.16. The maximum absolute atomic E-state index is 14.5. The third-order valence-electron chi connectivity index (χ3n) is 4.32. The molecule has 1 heterocycles. The summed E-state index contributed by atoms with van der Waals surface area (Å²) in [5, 5.41) is 6.49. The van der Waals surface area contributed by atoms with Crippen LogP contribution in [0, 0.1) is 19.7 Å². The second kappa shape index (κ2) is 8.49. The Morgan fingerprint density at radius 2 is 1.81 bits per heavy atom. The Bertz CT molecular complexity index is 945. The van der Waals surface area contributed by atoms with Crippen LogP contribution in [0.25, 0.3) is 5.69 Å². The minimum Gasteiger partial charge on any atom is -0.352 e. The summed E-state index contributed by atoms with van der Waals surface area (Å²) in [6.45, 7) is 5.07. The molecule has 0 fully saturated rings. The molecule has 0 aliphatic carbocycles. The quantitative estimate of drug-likeness (QED) is 0.538. The van der Waals surface area contributed by atoms with Gasteiger partial charge in [-0.15, -0.1) is 0 Å². The van der Waals surface area contributed by atoms with Crippen molar-refractivity contribution in [3.8, 4) is 5.69 Å². The minimum absolute atomic E-state index is 0.280. The Balaban J connectivity index is 1.60. The lowest BCUT2D eigenvalue weighted by Gasteiger charge is -2.13. The van der Waals surface area contributed by atoms with E-state index in [9.17, 15) is 4.39 Å². The van der Waals surface area contributed by atoms with Crippen LogP contribution in [0.4, 0.5) is 4.39 Å². The molecule has 0 unspecified atom stereocenters. The molecule has 3 aromatic rings. The SMILES string of the molecule is CN=C(NCc1cccc(C)c1)NCc1ccc(-n2ccnc2C)c(F)c1. The second-order valence-corrected chi connectivity index (χ2v) is 6.40. The van der Waals surface area contributed by atoms with Crippen LogP contribution in [0.1, 0.15) is 22.5 Å². The van der Waals surface area contributed by atoms with Crippen molar-refractivity contribution in [2.24, 2.45) is 4.99 Å². The van der Waals surface area contributed by atoms with E-state index >= 15 is 0 Å². The van der Waals surface area contributed by atoms with Crippen molar-refractivity contribution in [1.82, 2.24) is 20.2 Å². The molecule has 5 nitrogen and oxygen atoms in total. The Labute approximate surface area is 159 Å². The van der Waals surface area contributed by atoms with Crippen molar-refractivity contribution in [3.63, 3.8) is 0 Å². The van der Waals surface area contributed by atoms with Crippen LogP contribution >= 0.6 is 0 Å². The van der Waals surface area contributed by atoms with Crippen LogP contribution in [0.3, 0.4) is 0 Å². The van der Waals surface area contributed by atoms with Crippen LogP contribution in [0.15, 0.2) is 59.9 Å². The van der Waals surface area contributed by atoms with Gasteiger partial charge in [0.2, 0.25) is 0 Å². The number of aromatic nitrogens is 2. The molecule has 140 valence electrons. The van der Waals surface area contributed by atoms with E-state index in [2.05, 4.69) is 45.7 Å². The predicted molar refractivity (Wildman–Crippen MR) is 106 cm³/mol. The van der Waals surface area contributed by atoms with Crippen LogP contribution < -0.4 is 10.6 Å². The molecule has 0 bridgehead atoms. The molecule has 0 aliphatic heterocycles. The third-order valence-corrected chi connectivity index (χ3v) is 4.32. The normalized spacial score (nSPS) is 11.5. The molecular formula is C21H24FN5. The van der Waals surface area contributed by atoms with E-state index in [1.807, 2.05) is 19.1 Å². The van der Waals surface area contributed by atoms with Gasteiger partial charge < -0.3 is 15.2 Å². The topological polar surface area (TPSA) is 54.2 Å². The van der Waals surface area contributed by atoms with Crippen LogP contribution in [-0.4, -0.2) is 22.6 Å². The van der Waals surface area contributed by atoms with Crippen LogP contribution in [0.2, 0.25) is 0 Å². The van der Waals surface area contributed by atoms with E-state index in [-0.39, 0.29) is 5.82 Å². The van der Waals surface area contributed by atoms with E-state index in [0.29, 0.717) is 24.7 Å². The monoisotopic (exact) mass is 365 g/mol. The number of benzene rings is 2. The molecule has 0 amide bonds. The number of nitrogens with zero attached hydrogens (tertiary/aromatic N) is 3. The second-order valence-electron chi connectivity index (χ2n) is 6.40. The lowest BCUT2D eigenvalue weighted by molar-refractivity contribution is 0.613. The number of aryl methyl sites for hydroxylation is 2. The summed E-state index contributed by atoms with van der Waals surface area (Å²) in [6.07, 6.45) is 3.41. The lowest BCUT2D eigenvalue weighted by Crippen LogP contribution is -2.36. The summed E-state index contributed by atoms with van der Waals surface area (Å²) in [4.78, 5) is 8.36. The van der Waals surface area contributed by atoms with Crippen molar-refractivity contribution in [2.45, 2.75) is 26.9 Å². The van der Waals surface area contributed by atoms with Crippen LogP contribution in [0.5, 0.6) is 0 Å². The first-order chi connectivity index (χ1) is 13.1. The van der Waals surface area contributed by atoms with Gasteiger partial charge in [-0.2, -0.15) is 0 Å². The average molecular weight is 365 g/mol. The summed E-state index contributed by atoms with van der Waals surface area (Å²) < 4.78 is 16.2. The molecule has 0 saturated heterocycles. The zero-order chi connectivity index (χ0) is 19.2. The maximum Gasteiger partial charge on any atom is 0.191 e. The molecule has 0 spiro atoms. The van der Waals surface area contributed by atoms with Crippen molar-refractivity contribution in [1.29, 1.82) is 0 Å². The number of halogens is 1. The van der Waals surface area contributed by atoms with Gasteiger partial charge in [0.1, 0.15) is 11.6 Å². The van der Waals surface area contributed by atoms with Crippen LogP contribution in [-0.2, 0) is 13.1 Å². The number of hydrogen-bond acceptors (Lipinski definition) is 2. The molecule has 2 N–H and O–H groups in total. The molecule has 0 atom stereocenters. The first-order valence-electron chi connectivity index (χ1n) is 8.85. The van der Waals surface area contributed by atoms with Crippen molar-refractivity contribution in [2.75, 3.05) is 7.05 Å². The third kappa shape index (κ3) is 4.73. The maximum atomic E-state index is 14.5. The molecule has 0 saturated carbocycles. The van der Waals surface area contributed by atoms with Gasteiger partial charge in [0.05, 0.1) is 5.69 Å². The van der Waals surface area contributed by atoms with Gasteiger partial charge in [-0.25, -0.2) is 9.37 Å². The van der Waals surface area contributed by atoms with E-state index in [1.54, 1.807) is 30.1 Å². The van der Waals surface area contributed by atoms with E-state index in [4.69, 9.17) is 0 Å². The van der Waals surface area contributed by atoms with E-state index in [0.717, 1.165) is 11.4 Å². The number of aliphatic imine (C=N–C) groups is 1. The number of rotatable bonds is 5. The van der Waals surface area contributed by atoms with Gasteiger partial charge in [-0.1, -0.05) is 35.9 Å². The fourth-order valence-electron chi connectivity index (χ4n) is 2.90. The fraction of sp³-hybridized carbons (Fsp3) is 0.238. The Morgan fingerprint density at radius 1 is 1.07 bits per heavy atom. The Kier molecular flexibility index (Phi) is 5.86. The number of guanidine groups is 1. The van der Waals surface area contributed by atoms with Crippen molar-refractivity contribution >= 4 is 5.96 Å². The first kappa shape index (κ1) is 18.6. The highest BCUT2D eigenvalue weighted by molar-refractivity contribution is 5.79. The van der Waals surface area contributed by atoms with E-state index in [1.165, 1.54) is 17.2 Å². The molecule has 2 aromatic carbocycles. The smallest absolute Gasteiger partial charge is 0.191 e. The van der Waals surface area contributed by atoms with Gasteiger partial charge in [-0.05, 0) is 37.1 Å². The highest BCUT2D eigenvalue weighted by Gasteiger charge is 2.08. The Hall–Kier alpha value is -3.15. The van der Waals surface area contributed by atoms with E-state index < -0.39 is 0 Å². The molecule has 3 rings (SSSR count). The van der Waals surface area contributed by atoms with Crippen molar-refractivity contribution < 1.29 is 4.39 Å². The zero-order valence-corrected chi connectivity index (χ0v) is 15.8. The summed E-state index contributed by atoms with van der Waals surface area (Å²) in [5.74, 6) is 1.14. The van der Waals surface area contributed by atoms with Crippen molar-refractivity contribution in [3.05, 3.63) is 83.2 Å². The standard InChI is InChI=1S/C21H24FN5/c1-15-5-4-6-17(11-15)13-25-21(23-3)26-14-18-7-8-20(19(22)12-18)27-10-9-24-16(27)2/h4-12H,13-14H2,1-3H3,(H2,23,25,26). The molecule has 1 aromatic heterocycles. The summed E-state index contributed by atoms with van der Waals surface area (Å²) in [6, 6.07) is 13.5. The average Bonchev–Trinajstić information content (AvgIpc) is 3.08. The minimum atomic E-state index is -0.280. The fourth-order valence-corrected chi connectivity index (χ4v) is 2.90. The van der Waals surface area contributed by atoms with Gasteiger partial charge in [0.25, 0.3) is 0 Å². The molecule has 0 radical (unpaired) electrons. The predicted octanol–water partition coefficient (Wildman–Crippen LogP) is 3.49. The van der Waals surface area contributed by atoms with Gasteiger partial charge in [0, 0.05) is 32.5 Å². The molecule has 27 heavy (non-hydrogen) atoms. The van der Waals surface area contributed by atoms with Gasteiger partial charge in [-0.3, -0.25) is 4.99 Å². The summed E-state index contributed by atoms with van der Waals surface area (Å²) >= 11 is 0. The number of hydrogen-bond donors (Lipinski definition) is 2. The molecule has 6 heteroatoms. The highest BCUT2D eigenvalue weighted by atomic mass is 19.1. The number of nitrogens with one attached hydrogen (secondary N) is 2. The Morgan fingerprint density at radius 3 is 2.41 bits per heavy atom. The largest absolute Gasteiger partial charge is 0.352 e. The summed E-state index contributed by atoms with van der Waals surface area (Å²) in [5.41, 5.74) is 3.74. The zero-order valence-electron chi connectivity index (χ0n) is 15.8.